The molecule has 1 aromatic heterocycles. The van der Waals surface area contributed by atoms with Crippen molar-refractivity contribution in [3.8, 4) is 0 Å². The summed E-state index contributed by atoms with van der Waals surface area (Å²) in [5.41, 5.74) is 0. The molecule has 0 aliphatic carbocycles. The van der Waals surface area contributed by atoms with Crippen LogP contribution in [0.1, 0.15) is 23.2 Å². The molecule has 1 saturated heterocycles. The molecule has 1 aromatic rings. The maximum Gasteiger partial charge on any atom is 0.153 e. The summed E-state index contributed by atoms with van der Waals surface area (Å²) in [6, 6.07) is 0.0914. The minimum atomic E-state index is -2.82. The summed E-state index contributed by atoms with van der Waals surface area (Å²) in [4.78, 5) is 5.64. The van der Waals surface area contributed by atoms with Crippen molar-refractivity contribution >= 4 is 21.2 Å². The van der Waals surface area contributed by atoms with Crippen LogP contribution in [0.2, 0.25) is 0 Å². The predicted molar refractivity (Wildman–Crippen MR) is 78.3 cm³/mol. The van der Waals surface area contributed by atoms with Crippen molar-refractivity contribution in [2.24, 2.45) is 0 Å². The lowest BCUT2D eigenvalue weighted by atomic mass is 10.2. The van der Waals surface area contributed by atoms with Gasteiger partial charge >= 0.3 is 0 Å². The van der Waals surface area contributed by atoms with Crippen LogP contribution in [-0.2, 0) is 22.8 Å². The Bertz CT molecular complexity index is 499. The van der Waals surface area contributed by atoms with Crippen molar-refractivity contribution in [2.45, 2.75) is 32.4 Å². The summed E-state index contributed by atoms with van der Waals surface area (Å²) in [6.45, 7) is 4.29. The van der Waals surface area contributed by atoms with E-state index in [2.05, 4.69) is 22.5 Å². The summed E-state index contributed by atoms with van der Waals surface area (Å²) in [5, 5.41) is 7.68. The van der Waals surface area contributed by atoms with Gasteiger partial charge in [0.1, 0.15) is 5.01 Å². The first kappa shape index (κ1) is 14.9. The fraction of sp³-hybridized carbons (Fsp3) is 0.750. The topological polar surface area (TPSA) is 71.1 Å². The van der Waals surface area contributed by atoms with Crippen LogP contribution in [0.4, 0.5) is 0 Å². The number of thiazole rings is 1. The first-order valence-electron chi connectivity index (χ1n) is 6.67. The Kier molecular flexibility index (Phi) is 5.32. The molecular weight excluding hydrogens is 282 g/mol. The Morgan fingerprint density at radius 3 is 3.11 bits per heavy atom. The van der Waals surface area contributed by atoms with Gasteiger partial charge in [-0.05, 0) is 19.4 Å². The quantitative estimate of drug-likeness (QED) is 0.752. The molecule has 2 N–H and O–H groups in total. The first-order chi connectivity index (χ1) is 9.09. The minimum absolute atomic E-state index is 0.0914. The van der Waals surface area contributed by atoms with Crippen LogP contribution >= 0.6 is 11.3 Å². The van der Waals surface area contributed by atoms with Crippen LogP contribution in [0.25, 0.3) is 0 Å². The molecule has 5 nitrogen and oxygen atoms in total. The number of nitrogens with zero attached hydrogens (tertiary/aromatic N) is 1. The fourth-order valence-corrected chi connectivity index (χ4v) is 4.44. The normalized spacial score (nSPS) is 22.5. The van der Waals surface area contributed by atoms with Gasteiger partial charge in [0, 0.05) is 30.2 Å². The van der Waals surface area contributed by atoms with E-state index in [0.29, 0.717) is 6.54 Å². The second-order valence-electron chi connectivity index (χ2n) is 4.80. The number of sulfone groups is 1. The highest BCUT2D eigenvalue weighted by Crippen LogP contribution is 2.12. The molecule has 1 unspecified atom stereocenters. The first-order valence-corrected chi connectivity index (χ1v) is 9.31. The van der Waals surface area contributed by atoms with Crippen LogP contribution in [0.3, 0.4) is 0 Å². The third-order valence-corrected chi connectivity index (χ3v) is 6.07. The zero-order valence-electron chi connectivity index (χ0n) is 11.2. The van der Waals surface area contributed by atoms with E-state index >= 15 is 0 Å². The lowest BCUT2D eigenvalue weighted by Crippen LogP contribution is -2.46. The van der Waals surface area contributed by atoms with Crippen molar-refractivity contribution in [2.75, 3.05) is 24.6 Å². The van der Waals surface area contributed by atoms with Crippen molar-refractivity contribution < 1.29 is 8.42 Å². The summed E-state index contributed by atoms with van der Waals surface area (Å²) in [6.07, 6.45) is 3.80. The maximum absolute atomic E-state index is 11.5. The standard InChI is InChI=1S/C12H21N3O2S2/c1-2-11-7-15-12(18-11)8-13-4-3-10-9-19(16,17)6-5-14-10/h7,10,13-14H,2-6,8-9H2,1H3. The molecule has 108 valence electrons. The molecule has 0 bridgehead atoms. The predicted octanol–water partition coefficient (Wildman–Crippen LogP) is 0.572. The van der Waals surface area contributed by atoms with Gasteiger partial charge < -0.3 is 10.6 Å². The van der Waals surface area contributed by atoms with E-state index in [1.807, 2.05) is 6.20 Å². The smallest absolute Gasteiger partial charge is 0.153 e. The summed E-state index contributed by atoms with van der Waals surface area (Å²) in [5.74, 6) is 0.543. The van der Waals surface area contributed by atoms with Crippen molar-refractivity contribution in [1.82, 2.24) is 15.6 Å². The molecule has 19 heavy (non-hydrogen) atoms. The Hall–Kier alpha value is -0.500. The molecular formula is C12H21N3O2S2. The largest absolute Gasteiger partial charge is 0.312 e. The molecule has 1 aliphatic heterocycles. The Labute approximate surface area is 118 Å². The maximum atomic E-state index is 11.5. The lowest BCUT2D eigenvalue weighted by Gasteiger charge is -2.23. The molecule has 7 heteroatoms. The van der Waals surface area contributed by atoms with Gasteiger partial charge in [-0.15, -0.1) is 11.3 Å². The second kappa shape index (κ2) is 6.78. The van der Waals surface area contributed by atoms with Gasteiger partial charge in [0.25, 0.3) is 0 Å². The molecule has 1 atom stereocenters. The van der Waals surface area contributed by atoms with Gasteiger partial charge in [0.05, 0.1) is 11.5 Å². The second-order valence-corrected chi connectivity index (χ2v) is 8.23. The highest BCUT2D eigenvalue weighted by molar-refractivity contribution is 7.91. The van der Waals surface area contributed by atoms with E-state index in [0.717, 1.165) is 30.9 Å². The molecule has 0 spiro atoms. The average Bonchev–Trinajstić information content (AvgIpc) is 2.81. The summed E-state index contributed by atoms with van der Waals surface area (Å²) < 4.78 is 23.0. The Balaban J connectivity index is 1.66. The average molecular weight is 303 g/mol. The van der Waals surface area contributed by atoms with Crippen LogP contribution < -0.4 is 10.6 Å². The Morgan fingerprint density at radius 2 is 2.42 bits per heavy atom. The van der Waals surface area contributed by atoms with E-state index < -0.39 is 9.84 Å². The highest BCUT2D eigenvalue weighted by atomic mass is 32.2. The van der Waals surface area contributed by atoms with Gasteiger partial charge in [-0.3, -0.25) is 0 Å². The highest BCUT2D eigenvalue weighted by Gasteiger charge is 2.23. The van der Waals surface area contributed by atoms with E-state index in [-0.39, 0.29) is 17.5 Å². The SMILES string of the molecule is CCc1cnc(CNCCC2CS(=O)(=O)CCN2)s1. The van der Waals surface area contributed by atoms with Gasteiger partial charge in [-0.1, -0.05) is 6.92 Å². The number of rotatable bonds is 6. The van der Waals surface area contributed by atoms with Crippen LogP contribution in [0.15, 0.2) is 6.20 Å². The molecule has 0 amide bonds. The van der Waals surface area contributed by atoms with E-state index in [1.54, 1.807) is 11.3 Å². The summed E-state index contributed by atoms with van der Waals surface area (Å²) >= 11 is 1.73. The van der Waals surface area contributed by atoms with Gasteiger partial charge in [0.15, 0.2) is 9.84 Å². The lowest BCUT2D eigenvalue weighted by molar-refractivity contribution is 0.479. The van der Waals surface area contributed by atoms with E-state index in [1.165, 1.54) is 4.88 Å². The van der Waals surface area contributed by atoms with Crippen molar-refractivity contribution in [3.63, 3.8) is 0 Å². The zero-order valence-corrected chi connectivity index (χ0v) is 12.8. The van der Waals surface area contributed by atoms with E-state index in [9.17, 15) is 8.42 Å². The molecule has 0 saturated carbocycles. The Morgan fingerprint density at radius 1 is 1.58 bits per heavy atom. The minimum Gasteiger partial charge on any atom is -0.312 e. The van der Waals surface area contributed by atoms with Crippen LogP contribution in [-0.4, -0.2) is 44.0 Å². The van der Waals surface area contributed by atoms with Crippen molar-refractivity contribution in [3.05, 3.63) is 16.1 Å². The number of aryl methyl sites for hydroxylation is 1. The third kappa shape index (κ3) is 4.83. The summed E-state index contributed by atoms with van der Waals surface area (Å²) in [7, 11) is -2.82. The van der Waals surface area contributed by atoms with Gasteiger partial charge in [-0.2, -0.15) is 0 Å². The molecule has 2 heterocycles. The number of aromatic nitrogens is 1. The third-order valence-electron chi connectivity index (χ3n) is 3.20. The number of nitrogens with one attached hydrogen (secondary N) is 2. The molecule has 1 aliphatic rings. The van der Waals surface area contributed by atoms with Gasteiger partial charge in [0.2, 0.25) is 0 Å². The number of hydrogen-bond acceptors (Lipinski definition) is 6. The van der Waals surface area contributed by atoms with Crippen LogP contribution in [0.5, 0.6) is 0 Å². The number of hydrogen-bond donors (Lipinski definition) is 2. The monoisotopic (exact) mass is 303 g/mol. The van der Waals surface area contributed by atoms with Crippen molar-refractivity contribution in [1.29, 1.82) is 0 Å². The molecule has 2 rings (SSSR count). The van der Waals surface area contributed by atoms with E-state index in [4.69, 9.17) is 0 Å². The fourth-order valence-electron chi connectivity index (χ4n) is 2.12. The molecule has 0 radical (unpaired) electrons. The van der Waals surface area contributed by atoms with Gasteiger partial charge in [-0.25, -0.2) is 13.4 Å². The van der Waals surface area contributed by atoms with Crippen LogP contribution in [0, 0.1) is 0 Å². The zero-order chi connectivity index (χ0) is 13.7. The molecule has 0 aromatic carbocycles. The molecule has 1 fully saturated rings.